The molecule has 0 heterocycles. The number of azo groups is 1. The highest BCUT2D eigenvalue weighted by Crippen LogP contribution is 2.20. The van der Waals surface area contributed by atoms with Gasteiger partial charge in [0.25, 0.3) is 0 Å². The first kappa shape index (κ1) is 13.8. The maximum atomic E-state index is 5.48. The summed E-state index contributed by atoms with van der Waals surface area (Å²) in [5, 5.41) is 8.30. The van der Waals surface area contributed by atoms with E-state index in [1.54, 1.807) is 0 Å². The lowest BCUT2D eigenvalue weighted by Gasteiger charge is -2.05. The Kier molecular flexibility index (Phi) is 5.34. The first-order valence-electron chi connectivity index (χ1n) is 6.30. The summed E-state index contributed by atoms with van der Waals surface area (Å²) >= 11 is 0. The maximum Gasteiger partial charge on any atom is 0.122 e. The highest BCUT2D eigenvalue weighted by Gasteiger charge is 1.95. The fourth-order valence-corrected chi connectivity index (χ4v) is 1.51. The summed E-state index contributed by atoms with van der Waals surface area (Å²) < 4.78 is 10.5. The van der Waals surface area contributed by atoms with Crippen LogP contribution in [0.25, 0.3) is 0 Å². The molecule has 0 saturated heterocycles. The van der Waals surface area contributed by atoms with Gasteiger partial charge in [0.2, 0.25) is 0 Å². The van der Waals surface area contributed by atoms with E-state index in [-0.39, 0.29) is 0 Å². The molecule has 0 N–H and O–H groups in total. The SMILES string of the molecule is C=COCCOc1ccc(/N=N/c2ccccc2)cc1. The largest absolute Gasteiger partial charge is 0.498 e. The van der Waals surface area contributed by atoms with Crippen molar-refractivity contribution in [3.05, 3.63) is 67.4 Å². The van der Waals surface area contributed by atoms with Crippen LogP contribution in [0, 0.1) is 0 Å². The smallest absolute Gasteiger partial charge is 0.122 e. The Labute approximate surface area is 118 Å². The van der Waals surface area contributed by atoms with E-state index in [2.05, 4.69) is 16.8 Å². The molecule has 0 radical (unpaired) electrons. The molecule has 0 fully saturated rings. The van der Waals surface area contributed by atoms with E-state index in [9.17, 15) is 0 Å². The highest BCUT2D eigenvalue weighted by atomic mass is 16.5. The van der Waals surface area contributed by atoms with Crippen LogP contribution >= 0.6 is 0 Å². The topological polar surface area (TPSA) is 43.2 Å². The molecule has 0 bridgehead atoms. The van der Waals surface area contributed by atoms with E-state index in [4.69, 9.17) is 9.47 Å². The second kappa shape index (κ2) is 7.74. The predicted octanol–water partition coefficient (Wildman–Crippen LogP) is 4.64. The molecule has 2 aromatic carbocycles. The van der Waals surface area contributed by atoms with E-state index in [0.29, 0.717) is 13.2 Å². The normalized spacial score (nSPS) is 10.4. The zero-order valence-corrected chi connectivity index (χ0v) is 11.1. The molecule has 0 spiro atoms. The van der Waals surface area contributed by atoms with E-state index < -0.39 is 0 Å². The van der Waals surface area contributed by atoms with Gasteiger partial charge in [-0.25, -0.2) is 0 Å². The van der Waals surface area contributed by atoms with Crippen molar-refractivity contribution < 1.29 is 9.47 Å². The average Bonchev–Trinajstić information content (AvgIpc) is 2.52. The van der Waals surface area contributed by atoms with Gasteiger partial charge in [-0.1, -0.05) is 24.8 Å². The summed E-state index contributed by atoms with van der Waals surface area (Å²) in [4.78, 5) is 0. The van der Waals surface area contributed by atoms with Gasteiger partial charge in [0.05, 0.1) is 17.6 Å². The van der Waals surface area contributed by atoms with Crippen molar-refractivity contribution >= 4 is 11.4 Å². The fraction of sp³-hybridized carbons (Fsp3) is 0.125. The lowest BCUT2D eigenvalue weighted by Crippen LogP contribution is -2.03. The summed E-state index contributed by atoms with van der Waals surface area (Å²) in [7, 11) is 0. The van der Waals surface area contributed by atoms with Crippen LogP contribution in [-0.4, -0.2) is 13.2 Å². The van der Waals surface area contributed by atoms with Gasteiger partial charge in [0.15, 0.2) is 0 Å². The molecule has 0 aliphatic carbocycles. The zero-order chi connectivity index (χ0) is 14.0. The van der Waals surface area contributed by atoms with Crippen LogP contribution in [0.15, 0.2) is 77.7 Å². The van der Waals surface area contributed by atoms with Gasteiger partial charge in [-0.2, -0.15) is 10.2 Å². The van der Waals surface area contributed by atoms with E-state index >= 15 is 0 Å². The third-order valence-electron chi connectivity index (χ3n) is 2.46. The molecule has 20 heavy (non-hydrogen) atoms. The number of benzene rings is 2. The minimum atomic E-state index is 0.483. The quantitative estimate of drug-likeness (QED) is 0.417. The summed E-state index contributed by atoms with van der Waals surface area (Å²) in [6.45, 7) is 4.43. The lowest BCUT2D eigenvalue weighted by atomic mass is 10.3. The lowest BCUT2D eigenvalue weighted by molar-refractivity contribution is 0.179. The van der Waals surface area contributed by atoms with E-state index in [1.165, 1.54) is 6.26 Å². The summed E-state index contributed by atoms with van der Waals surface area (Å²) in [5.41, 5.74) is 1.61. The van der Waals surface area contributed by atoms with Gasteiger partial charge < -0.3 is 9.47 Å². The molecular weight excluding hydrogens is 252 g/mol. The molecule has 0 saturated carbocycles. The molecular formula is C16H16N2O2. The summed E-state index contributed by atoms with van der Waals surface area (Å²) in [5.74, 6) is 0.774. The van der Waals surface area contributed by atoms with Gasteiger partial charge in [-0.3, -0.25) is 0 Å². The Balaban J connectivity index is 1.88. The average molecular weight is 268 g/mol. The Morgan fingerprint density at radius 1 is 0.850 bits per heavy atom. The molecule has 102 valence electrons. The number of rotatable bonds is 7. The molecule has 0 aliphatic heterocycles. The van der Waals surface area contributed by atoms with Crippen LogP contribution in [0.4, 0.5) is 11.4 Å². The van der Waals surface area contributed by atoms with Crippen LogP contribution in [0.5, 0.6) is 5.75 Å². The highest BCUT2D eigenvalue weighted by molar-refractivity contribution is 5.42. The minimum absolute atomic E-state index is 0.483. The third-order valence-corrected chi connectivity index (χ3v) is 2.46. The number of ether oxygens (including phenoxy) is 2. The summed E-state index contributed by atoms with van der Waals surface area (Å²) in [6, 6.07) is 17.0. The molecule has 0 amide bonds. The van der Waals surface area contributed by atoms with Crippen LogP contribution in [0.1, 0.15) is 0 Å². The van der Waals surface area contributed by atoms with Crippen LogP contribution in [-0.2, 0) is 4.74 Å². The van der Waals surface area contributed by atoms with Crippen molar-refractivity contribution in [2.75, 3.05) is 13.2 Å². The Hall–Kier alpha value is -2.62. The monoisotopic (exact) mass is 268 g/mol. The number of nitrogens with zero attached hydrogens (tertiary/aromatic N) is 2. The third kappa shape index (κ3) is 4.57. The second-order valence-corrected chi connectivity index (χ2v) is 3.92. The minimum Gasteiger partial charge on any atom is -0.498 e. The molecule has 0 aliphatic rings. The van der Waals surface area contributed by atoms with Crippen LogP contribution in [0.2, 0.25) is 0 Å². The maximum absolute atomic E-state index is 5.48. The predicted molar refractivity (Wildman–Crippen MR) is 78.7 cm³/mol. The first-order valence-corrected chi connectivity index (χ1v) is 6.30. The number of hydrogen-bond donors (Lipinski definition) is 0. The van der Waals surface area contributed by atoms with E-state index in [1.807, 2.05) is 54.6 Å². The Morgan fingerprint density at radius 2 is 1.50 bits per heavy atom. The first-order chi connectivity index (χ1) is 9.88. The van der Waals surface area contributed by atoms with Gasteiger partial charge in [0.1, 0.15) is 19.0 Å². The molecule has 0 atom stereocenters. The van der Waals surface area contributed by atoms with Crippen LogP contribution in [0.3, 0.4) is 0 Å². The van der Waals surface area contributed by atoms with Crippen molar-refractivity contribution in [1.82, 2.24) is 0 Å². The van der Waals surface area contributed by atoms with Crippen molar-refractivity contribution in [3.63, 3.8) is 0 Å². The molecule has 2 aromatic rings. The molecule has 4 nitrogen and oxygen atoms in total. The van der Waals surface area contributed by atoms with Gasteiger partial charge in [-0.15, -0.1) is 0 Å². The molecule has 2 rings (SSSR count). The Bertz CT molecular complexity index is 550. The summed E-state index contributed by atoms with van der Waals surface area (Å²) in [6.07, 6.45) is 1.40. The van der Waals surface area contributed by atoms with Crippen molar-refractivity contribution in [2.24, 2.45) is 10.2 Å². The molecule has 0 aromatic heterocycles. The van der Waals surface area contributed by atoms with Gasteiger partial charge >= 0.3 is 0 Å². The van der Waals surface area contributed by atoms with E-state index in [0.717, 1.165) is 17.1 Å². The fourth-order valence-electron chi connectivity index (χ4n) is 1.51. The molecule has 0 unspecified atom stereocenters. The van der Waals surface area contributed by atoms with Crippen molar-refractivity contribution in [3.8, 4) is 5.75 Å². The zero-order valence-electron chi connectivity index (χ0n) is 11.1. The van der Waals surface area contributed by atoms with Crippen molar-refractivity contribution in [2.45, 2.75) is 0 Å². The van der Waals surface area contributed by atoms with Crippen LogP contribution < -0.4 is 4.74 Å². The second-order valence-electron chi connectivity index (χ2n) is 3.92. The van der Waals surface area contributed by atoms with Crippen molar-refractivity contribution in [1.29, 1.82) is 0 Å². The number of hydrogen-bond acceptors (Lipinski definition) is 4. The standard InChI is InChI=1S/C16H16N2O2/c1-2-19-12-13-20-16-10-8-15(9-11-16)18-17-14-6-4-3-5-7-14/h2-11H,1,12-13H2/b18-17+. The van der Waals surface area contributed by atoms with Gasteiger partial charge in [-0.05, 0) is 36.4 Å². The molecule has 4 heteroatoms. The Morgan fingerprint density at radius 3 is 2.15 bits per heavy atom. The van der Waals surface area contributed by atoms with Gasteiger partial charge in [0, 0.05) is 0 Å².